The van der Waals surface area contributed by atoms with Gasteiger partial charge < -0.3 is 9.64 Å². The molecule has 0 radical (unpaired) electrons. The molecule has 0 aromatic carbocycles. The van der Waals surface area contributed by atoms with Crippen LogP contribution in [0.25, 0.3) is 0 Å². The highest BCUT2D eigenvalue weighted by molar-refractivity contribution is 5.94. The maximum atomic E-state index is 12.7. The van der Waals surface area contributed by atoms with Gasteiger partial charge in [0.2, 0.25) is 0 Å². The quantitative estimate of drug-likeness (QED) is 0.909. The third-order valence-electron chi connectivity index (χ3n) is 4.74. The zero-order valence-electron chi connectivity index (χ0n) is 13.7. The van der Waals surface area contributed by atoms with Crippen molar-refractivity contribution < 1.29 is 9.53 Å². The van der Waals surface area contributed by atoms with E-state index >= 15 is 0 Å². The first-order valence-electron chi connectivity index (χ1n) is 8.62. The fourth-order valence-electron chi connectivity index (χ4n) is 3.48. The molecule has 122 valence electrons. The molecular weight excluding hydrogens is 278 g/mol. The summed E-state index contributed by atoms with van der Waals surface area (Å²) in [6.07, 6.45) is 6.75. The van der Waals surface area contributed by atoms with Crippen LogP contribution in [-0.2, 0) is 17.6 Å². The molecule has 1 fully saturated rings. The van der Waals surface area contributed by atoms with E-state index in [4.69, 9.17) is 4.74 Å². The minimum absolute atomic E-state index is 0.0801. The number of hydrogen-bond donors (Lipinski definition) is 1. The summed E-state index contributed by atoms with van der Waals surface area (Å²) in [6, 6.07) is 0. The molecular formula is C17H27N3O2. The van der Waals surface area contributed by atoms with Gasteiger partial charge >= 0.3 is 0 Å². The van der Waals surface area contributed by atoms with E-state index in [1.54, 1.807) is 0 Å². The smallest absolute Gasteiger partial charge is 0.274 e. The van der Waals surface area contributed by atoms with E-state index in [9.17, 15) is 4.79 Å². The van der Waals surface area contributed by atoms with E-state index in [-0.39, 0.29) is 12.0 Å². The van der Waals surface area contributed by atoms with Gasteiger partial charge in [-0.3, -0.25) is 9.89 Å². The van der Waals surface area contributed by atoms with Gasteiger partial charge in [-0.05, 0) is 31.6 Å². The van der Waals surface area contributed by atoms with Gasteiger partial charge in [-0.15, -0.1) is 0 Å². The van der Waals surface area contributed by atoms with E-state index in [1.807, 2.05) is 4.90 Å². The molecule has 2 heterocycles. The molecule has 5 nitrogen and oxygen atoms in total. The SMILES string of the molecule is CC(C)CCCC1CN(C(=O)c2n[nH]c3c2CCC3)CCO1. The van der Waals surface area contributed by atoms with E-state index in [1.165, 1.54) is 12.8 Å². The third-order valence-corrected chi connectivity index (χ3v) is 4.74. The average Bonchev–Trinajstić information content (AvgIpc) is 3.09. The van der Waals surface area contributed by atoms with E-state index in [0.717, 1.165) is 42.9 Å². The predicted octanol–water partition coefficient (Wildman–Crippen LogP) is 2.57. The highest BCUT2D eigenvalue weighted by Gasteiger charge is 2.30. The maximum absolute atomic E-state index is 12.7. The number of aromatic amines is 1. The number of hydrogen-bond acceptors (Lipinski definition) is 3. The molecule has 0 bridgehead atoms. The number of H-pyrrole nitrogens is 1. The Morgan fingerprint density at radius 1 is 1.45 bits per heavy atom. The van der Waals surface area contributed by atoms with Crippen LogP contribution in [0.2, 0.25) is 0 Å². The normalized spacial score (nSPS) is 21.4. The molecule has 1 aromatic rings. The Hall–Kier alpha value is -1.36. The summed E-state index contributed by atoms with van der Waals surface area (Å²) in [5.41, 5.74) is 2.95. The fraction of sp³-hybridized carbons (Fsp3) is 0.765. The minimum Gasteiger partial charge on any atom is -0.375 e. The lowest BCUT2D eigenvalue weighted by molar-refractivity contribution is -0.0262. The van der Waals surface area contributed by atoms with Crippen molar-refractivity contribution in [1.82, 2.24) is 15.1 Å². The average molecular weight is 305 g/mol. The molecule has 5 heteroatoms. The molecule has 0 saturated carbocycles. The maximum Gasteiger partial charge on any atom is 0.274 e. The number of rotatable bonds is 5. The molecule has 1 atom stereocenters. The molecule has 0 spiro atoms. The van der Waals surface area contributed by atoms with Crippen LogP contribution in [0, 0.1) is 5.92 Å². The third kappa shape index (κ3) is 3.35. The van der Waals surface area contributed by atoms with Crippen LogP contribution in [0.1, 0.15) is 61.3 Å². The van der Waals surface area contributed by atoms with Gasteiger partial charge in [0.05, 0.1) is 12.7 Å². The summed E-state index contributed by atoms with van der Waals surface area (Å²) >= 11 is 0. The first-order valence-corrected chi connectivity index (χ1v) is 8.62. The Balaban J connectivity index is 1.58. The predicted molar refractivity (Wildman–Crippen MR) is 84.9 cm³/mol. The summed E-state index contributed by atoms with van der Waals surface area (Å²) in [7, 11) is 0. The molecule has 1 unspecified atom stereocenters. The number of fused-ring (bicyclic) bond motifs is 1. The number of morpholine rings is 1. The van der Waals surface area contributed by atoms with Crippen molar-refractivity contribution in [3.05, 3.63) is 17.0 Å². The van der Waals surface area contributed by atoms with Crippen LogP contribution in [-0.4, -0.2) is 46.8 Å². The number of nitrogens with zero attached hydrogens (tertiary/aromatic N) is 2. The van der Waals surface area contributed by atoms with Crippen molar-refractivity contribution in [3.63, 3.8) is 0 Å². The van der Waals surface area contributed by atoms with Crippen LogP contribution in [0.4, 0.5) is 0 Å². The monoisotopic (exact) mass is 305 g/mol. The van der Waals surface area contributed by atoms with E-state index < -0.39 is 0 Å². The summed E-state index contributed by atoms with van der Waals surface area (Å²) in [5.74, 6) is 0.810. The Bertz CT molecular complexity index is 524. The van der Waals surface area contributed by atoms with Crippen molar-refractivity contribution in [3.8, 4) is 0 Å². The second-order valence-electron chi connectivity index (χ2n) is 6.95. The van der Waals surface area contributed by atoms with E-state index in [2.05, 4.69) is 24.0 Å². The molecule has 1 N–H and O–H groups in total. The molecule has 1 aliphatic heterocycles. The molecule has 22 heavy (non-hydrogen) atoms. The summed E-state index contributed by atoms with van der Waals surface area (Å²) in [4.78, 5) is 14.7. The first kappa shape index (κ1) is 15.5. The van der Waals surface area contributed by atoms with Gasteiger partial charge in [0, 0.05) is 24.3 Å². The van der Waals surface area contributed by atoms with Gasteiger partial charge in [0.15, 0.2) is 5.69 Å². The van der Waals surface area contributed by atoms with Gasteiger partial charge in [-0.2, -0.15) is 5.10 Å². The first-order chi connectivity index (χ1) is 10.6. The highest BCUT2D eigenvalue weighted by atomic mass is 16.5. The number of carbonyl (C=O) groups is 1. The molecule has 1 saturated heterocycles. The Labute approximate surface area is 132 Å². The van der Waals surface area contributed by atoms with Gasteiger partial charge in [0.25, 0.3) is 5.91 Å². The second-order valence-corrected chi connectivity index (χ2v) is 6.95. The summed E-state index contributed by atoms with van der Waals surface area (Å²) in [6.45, 7) is 6.52. The Kier molecular flexibility index (Phi) is 4.81. The number of nitrogens with one attached hydrogen (secondary N) is 1. The number of ether oxygens (including phenoxy) is 1. The van der Waals surface area contributed by atoms with Crippen LogP contribution in [0.5, 0.6) is 0 Å². The van der Waals surface area contributed by atoms with Crippen molar-refractivity contribution in [2.75, 3.05) is 19.7 Å². The number of aryl methyl sites for hydroxylation is 1. The van der Waals surface area contributed by atoms with Gasteiger partial charge in [-0.1, -0.05) is 26.7 Å². The number of carbonyl (C=O) groups excluding carboxylic acids is 1. The molecule has 1 amide bonds. The summed E-state index contributed by atoms with van der Waals surface area (Å²) in [5, 5.41) is 7.30. The zero-order valence-corrected chi connectivity index (χ0v) is 13.7. The molecule has 2 aliphatic rings. The molecule has 1 aromatic heterocycles. The standard InChI is InChI=1S/C17H27N3O2/c1-12(2)5-3-6-13-11-20(9-10-22-13)17(21)16-14-7-4-8-15(14)18-19-16/h12-13H,3-11H2,1-2H3,(H,18,19). The lowest BCUT2D eigenvalue weighted by Crippen LogP contribution is -2.46. The largest absolute Gasteiger partial charge is 0.375 e. The van der Waals surface area contributed by atoms with Gasteiger partial charge in [-0.25, -0.2) is 0 Å². The zero-order chi connectivity index (χ0) is 15.5. The minimum atomic E-state index is 0.0801. The fourth-order valence-corrected chi connectivity index (χ4v) is 3.48. The Morgan fingerprint density at radius 2 is 2.32 bits per heavy atom. The van der Waals surface area contributed by atoms with Gasteiger partial charge in [0.1, 0.15) is 0 Å². The highest BCUT2D eigenvalue weighted by Crippen LogP contribution is 2.24. The lowest BCUT2D eigenvalue weighted by atomic mass is 10.0. The lowest BCUT2D eigenvalue weighted by Gasteiger charge is -2.33. The van der Waals surface area contributed by atoms with Crippen molar-refractivity contribution in [1.29, 1.82) is 0 Å². The van der Waals surface area contributed by atoms with Crippen LogP contribution >= 0.6 is 0 Å². The molecule has 1 aliphatic carbocycles. The van der Waals surface area contributed by atoms with Crippen molar-refractivity contribution in [2.24, 2.45) is 5.92 Å². The second kappa shape index (κ2) is 6.82. The van der Waals surface area contributed by atoms with E-state index in [0.29, 0.717) is 25.4 Å². The molecule has 3 rings (SSSR count). The van der Waals surface area contributed by atoms with Crippen molar-refractivity contribution >= 4 is 5.91 Å². The van der Waals surface area contributed by atoms with Crippen LogP contribution < -0.4 is 0 Å². The summed E-state index contributed by atoms with van der Waals surface area (Å²) < 4.78 is 5.83. The topological polar surface area (TPSA) is 58.2 Å². The van der Waals surface area contributed by atoms with Crippen molar-refractivity contribution in [2.45, 2.75) is 58.5 Å². The Morgan fingerprint density at radius 3 is 3.14 bits per heavy atom. The van der Waals surface area contributed by atoms with Crippen LogP contribution in [0.15, 0.2) is 0 Å². The number of amides is 1. The number of aromatic nitrogens is 2. The van der Waals surface area contributed by atoms with Crippen LogP contribution in [0.3, 0.4) is 0 Å².